The van der Waals surface area contributed by atoms with Gasteiger partial charge in [0, 0.05) is 5.75 Å². The molecule has 1 atom stereocenters. The molecule has 1 heterocycles. The van der Waals surface area contributed by atoms with Gasteiger partial charge in [0.05, 0.1) is 11.9 Å². The third kappa shape index (κ3) is 5.91. The topological polar surface area (TPSA) is 92.3 Å². The number of hydrogen-bond acceptors (Lipinski definition) is 7. The van der Waals surface area contributed by atoms with Crippen molar-refractivity contribution in [3.05, 3.63) is 29.3 Å². The lowest BCUT2D eigenvalue weighted by Crippen LogP contribution is -2.45. The molecule has 0 aliphatic carbocycles. The summed E-state index contributed by atoms with van der Waals surface area (Å²) in [4.78, 5) is 12.7. The Labute approximate surface area is 168 Å². The molecule has 2 rings (SSSR count). The van der Waals surface area contributed by atoms with E-state index >= 15 is 0 Å². The number of nitrogens with one attached hydrogen (secondary N) is 1. The second-order valence-corrected chi connectivity index (χ2v) is 10.5. The quantitative estimate of drug-likeness (QED) is 0.511. The average Bonchev–Trinajstić information content (AvgIpc) is 2.98. The predicted molar refractivity (Wildman–Crippen MR) is 112 cm³/mol. The maximum Gasteiger partial charge on any atom is 0.249 e. The van der Waals surface area contributed by atoms with Gasteiger partial charge in [-0.3, -0.25) is 14.4 Å². The van der Waals surface area contributed by atoms with Gasteiger partial charge in [-0.1, -0.05) is 36.1 Å². The molecule has 1 N–H and O–H groups in total. The van der Waals surface area contributed by atoms with Crippen LogP contribution in [0.5, 0.6) is 0 Å². The third-order valence-electron chi connectivity index (χ3n) is 3.62. The van der Waals surface area contributed by atoms with E-state index in [0.29, 0.717) is 10.8 Å². The minimum Gasteiger partial charge on any atom is -0.299 e. The number of rotatable bonds is 8. The lowest BCUT2D eigenvalue weighted by atomic mass is 10.1. The molecule has 1 amide bonds. The molecule has 1 aromatic carbocycles. The number of aryl methyl sites for hydroxylation is 2. The number of aromatic nitrogens is 2. The number of anilines is 2. The molecule has 0 saturated carbocycles. The van der Waals surface area contributed by atoms with Crippen LogP contribution in [0.3, 0.4) is 0 Å². The van der Waals surface area contributed by atoms with Gasteiger partial charge in [0.1, 0.15) is 6.04 Å². The lowest BCUT2D eigenvalue weighted by Gasteiger charge is -2.28. The molecule has 27 heavy (non-hydrogen) atoms. The van der Waals surface area contributed by atoms with Crippen molar-refractivity contribution < 1.29 is 13.2 Å². The minimum atomic E-state index is -3.66. The van der Waals surface area contributed by atoms with Crippen molar-refractivity contribution in [3.8, 4) is 0 Å². The summed E-state index contributed by atoms with van der Waals surface area (Å²) in [5.74, 6) is 0.468. The fourth-order valence-electron chi connectivity index (χ4n) is 2.60. The number of hydrogen-bond donors (Lipinski definition) is 1. The SMILES string of the molecule is CCCSc1nnc(NC(=O)[C@@H](C)N(c2cc(C)cc(C)c2)S(C)(=O)=O)s1. The molecule has 148 valence electrons. The van der Waals surface area contributed by atoms with E-state index in [1.807, 2.05) is 19.9 Å². The molecule has 0 radical (unpaired) electrons. The van der Waals surface area contributed by atoms with E-state index in [0.717, 1.165) is 38.2 Å². The van der Waals surface area contributed by atoms with E-state index in [9.17, 15) is 13.2 Å². The maximum absolute atomic E-state index is 12.7. The van der Waals surface area contributed by atoms with Crippen LogP contribution in [0.2, 0.25) is 0 Å². The van der Waals surface area contributed by atoms with Gasteiger partial charge in [0.15, 0.2) is 4.34 Å². The van der Waals surface area contributed by atoms with Gasteiger partial charge in [-0.25, -0.2) is 8.42 Å². The number of carbonyl (C=O) groups excluding carboxylic acids is 1. The van der Waals surface area contributed by atoms with Gasteiger partial charge in [0.25, 0.3) is 0 Å². The van der Waals surface area contributed by atoms with Crippen molar-refractivity contribution in [3.63, 3.8) is 0 Å². The predicted octanol–water partition coefficient (Wildman–Crippen LogP) is 3.45. The van der Waals surface area contributed by atoms with Crippen molar-refractivity contribution >= 4 is 49.8 Å². The molecule has 2 aromatic rings. The number of amides is 1. The fraction of sp³-hybridized carbons (Fsp3) is 0.471. The highest BCUT2D eigenvalue weighted by atomic mass is 32.2. The second-order valence-electron chi connectivity index (χ2n) is 6.29. The Hall–Kier alpha value is -1.65. The van der Waals surface area contributed by atoms with Gasteiger partial charge in [-0.05, 0) is 50.5 Å². The summed E-state index contributed by atoms with van der Waals surface area (Å²) in [6.45, 7) is 7.41. The van der Waals surface area contributed by atoms with Crippen LogP contribution in [0.15, 0.2) is 22.5 Å². The van der Waals surface area contributed by atoms with Crippen molar-refractivity contribution in [2.24, 2.45) is 0 Å². The third-order valence-corrected chi connectivity index (χ3v) is 7.04. The summed E-state index contributed by atoms with van der Waals surface area (Å²) in [7, 11) is -3.66. The summed E-state index contributed by atoms with van der Waals surface area (Å²) in [5, 5.41) is 11.0. The highest BCUT2D eigenvalue weighted by Gasteiger charge is 2.30. The summed E-state index contributed by atoms with van der Waals surface area (Å²) in [6, 6.07) is 4.52. The second kappa shape index (κ2) is 9.03. The van der Waals surface area contributed by atoms with Crippen molar-refractivity contribution in [2.75, 3.05) is 21.6 Å². The molecule has 1 aromatic heterocycles. The zero-order valence-corrected chi connectivity index (χ0v) is 18.5. The fourth-order valence-corrected chi connectivity index (χ4v) is 5.44. The Morgan fingerprint density at radius 1 is 1.26 bits per heavy atom. The molecule has 0 fully saturated rings. The van der Waals surface area contributed by atoms with Crippen LogP contribution in [0.4, 0.5) is 10.8 Å². The van der Waals surface area contributed by atoms with E-state index in [-0.39, 0.29) is 0 Å². The van der Waals surface area contributed by atoms with Gasteiger partial charge >= 0.3 is 0 Å². The van der Waals surface area contributed by atoms with Crippen LogP contribution in [-0.2, 0) is 14.8 Å². The molecule has 0 aliphatic rings. The van der Waals surface area contributed by atoms with Crippen LogP contribution in [-0.4, -0.2) is 42.6 Å². The first-order valence-corrected chi connectivity index (χ1v) is 12.1. The molecule has 0 saturated heterocycles. The van der Waals surface area contributed by atoms with Crippen molar-refractivity contribution in [1.29, 1.82) is 0 Å². The molecule has 7 nitrogen and oxygen atoms in total. The monoisotopic (exact) mass is 428 g/mol. The van der Waals surface area contributed by atoms with E-state index in [1.165, 1.54) is 11.3 Å². The molecule has 0 bridgehead atoms. The number of benzene rings is 1. The Morgan fingerprint density at radius 2 is 1.89 bits per heavy atom. The Kier molecular flexibility index (Phi) is 7.24. The zero-order valence-electron chi connectivity index (χ0n) is 16.0. The summed E-state index contributed by atoms with van der Waals surface area (Å²) < 4.78 is 26.7. The van der Waals surface area contributed by atoms with E-state index in [4.69, 9.17) is 0 Å². The number of thioether (sulfide) groups is 1. The van der Waals surface area contributed by atoms with Crippen LogP contribution in [0, 0.1) is 13.8 Å². The Morgan fingerprint density at radius 3 is 2.44 bits per heavy atom. The van der Waals surface area contributed by atoms with Gasteiger partial charge in [0.2, 0.25) is 21.1 Å². The van der Waals surface area contributed by atoms with Gasteiger partial charge in [-0.15, -0.1) is 10.2 Å². The highest BCUT2D eigenvalue weighted by Crippen LogP contribution is 2.27. The molecule has 0 spiro atoms. The van der Waals surface area contributed by atoms with E-state index < -0.39 is 22.0 Å². The van der Waals surface area contributed by atoms with Crippen molar-refractivity contribution in [2.45, 2.75) is 44.5 Å². The van der Waals surface area contributed by atoms with Crippen LogP contribution < -0.4 is 9.62 Å². The summed E-state index contributed by atoms with van der Waals surface area (Å²) >= 11 is 2.85. The summed E-state index contributed by atoms with van der Waals surface area (Å²) in [5.41, 5.74) is 2.31. The Balaban J connectivity index is 2.23. The normalized spacial score (nSPS) is 12.6. The molecule has 0 aliphatic heterocycles. The number of nitrogens with zero attached hydrogens (tertiary/aromatic N) is 3. The van der Waals surface area contributed by atoms with E-state index in [2.05, 4.69) is 22.4 Å². The molecular weight excluding hydrogens is 404 g/mol. The van der Waals surface area contributed by atoms with Gasteiger partial charge in [-0.2, -0.15) is 0 Å². The standard InChI is InChI=1S/C17H24N4O3S3/c1-6-7-25-17-20-19-16(26-17)18-15(22)13(4)21(27(5,23)24)14-9-11(2)8-12(3)10-14/h8-10,13H,6-7H2,1-5H3,(H,18,19,22)/t13-/m1/s1. The average molecular weight is 429 g/mol. The first-order chi connectivity index (χ1) is 12.6. The van der Waals surface area contributed by atoms with Crippen LogP contribution in [0.1, 0.15) is 31.4 Å². The Bertz CT molecular complexity index is 892. The van der Waals surface area contributed by atoms with Crippen LogP contribution in [0.25, 0.3) is 0 Å². The van der Waals surface area contributed by atoms with E-state index in [1.54, 1.807) is 30.8 Å². The lowest BCUT2D eigenvalue weighted by molar-refractivity contribution is -0.116. The highest BCUT2D eigenvalue weighted by molar-refractivity contribution is 8.01. The number of sulfonamides is 1. The zero-order chi connectivity index (χ0) is 20.2. The smallest absolute Gasteiger partial charge is 0.249 e. The maximum atomic E-state index is 12.7. The molecule has 0 unspecified atom stereocenters. The van der Waals surface area contributed by atoms with Gasteiger partial charge < -0.3 is 0 Å². The first-order valence-electron chi connectivity index (χ1n) is 8.46. The first kappa shape index (κ1) is 21.6. The molecular formula is C17H24N4O3S3. The van der Waals surface area contributed by atoms with Crippen molar-refractivity contribution in [1.82, 2.24) is 10.2 Å². The summed E-state index contributed by atoms with van der Waals surface area (Å²) in [6.07, 6.45) is 2.11. The van der Waals surface area contributed by atoms with Crippen LogP contribution >= 0.6 is 23.1 Å². The molecule has 10 heteroatoms. The number of carbonyl (C=O) groups is 1. The largest absolute Gasteiger partial charge is 0.299 e. The minimum absolute atomic E-state index is 0.360.